The maximum Gasteiger partial charge on any atom is 0.410 e. The van der Waals surface area contributed by atoms with Gasteiger partial charge in [-0.15, -0.1) is 0 Å². The van der Waals surface area contributed by atoms with E-state index in [2.05, 4.69) is 10.4 Å². The number of ether oxygens (including phenoxy) is 2. The summed E-state index contributed by atoms with van der Waals surface area (Å²) in [7, 11) is 1.77. The van der Waals surface area contributed by atoms with Gasteiger partial charge in [-0.2, -0.15) is 5.10 Å². The van der Waals surface area contributed by atoms with Crippen molar-refractivity contribution in [3.8, 4) is 11.6 Å². The summed E-state index contributed by atoms with van der Waals surface area (Å²) in [5.41, 5.74) is 1.26. The van der Waals surface area contributed by atoms with E-state index in [1.54, 1.807) is 47.2 Å². The summed E-state index contributed by atoms with van der Waals surface area (Å²) in [6, 6.07) is 17.9. The molecule has 3 aliphatic rings. The van der Waals surface area contributed by atoms with E-state index in [0.29, 0.717) is 25.1 Å². The highest BCUT2D eigenvalue weighted by atomic mass is 16.6. The Bertz CT molecular complexity index is 1820. The zero-order valence-corrected chi connectivity index (χ0v) is 30.2. The molecule has 6 rings (SSSR count). The highest BCUT2D eigenvalue weighted by Crippen LogP contribution is 2.29. The lowest BCUT2D eigenvalue weighted by Gasteiger charge is -2.36. The predicted molar refractivity (Wildman–Crippen MR) is 192 cm³/mol. The van der Waals surface area contributed by atoms with Crippen molar-refractivity contribution in [2.75, 3.05) is 46.4 Å². The number of carboxylic acid groups (broad SMARTS) is 1. The predicted octanol–water partition coefficient (Wildman–Crippen LogP) is 2.31. The van der Waals surface area contributed by atoms with Crippen LogP contribution < -0.4 is 10.1 Å². The number of carboxylic acids is 1. The molecule has 2 aromatic carbocycles. The van der Waals surface area contributed by atoms with Crippen LogP contribution in [0.15, 0.2) is 66.7 Å². The maximum absolute atomic E-state index is 13.7. The van der Waals surface area contributed by atoms with Crippen LogP contribution >= 0.6 is 0 Å². The number of nitrogens with one attached hydrogen (secondary N) is 1. The molecule has 2 aliphatic heterocycles. The van der Waals surface area contributed by atoms with E-state index in [9.17, 15) is 33.9 Å². The number of rotatable bonds is 14. The first-order chi connectivity index (χ1) is 26.1. The van der Waals surface area contributed by atoms with E-state index in [-0.39, 0.29) is 75.1 Å². The number of piperazine rings is 1. The minimum atomic E-state index is -1.20. The number of benzene rings is 2. The number of carbonyl (C=O) groups excluding carboxylic acids is 5. The molecule has 16 nitrogen and oxygen atoms in total. The minimum Gasteiger partial charge on any atom is -0.481 e. The topological polar surface area (TPSA) is 184 Å². The van der Waals surface area contributed by atoms with Crippen molar-refractivity contribution in [3.05, 3.63) is 78.0 Å². The van der Waals surface area contributed by atoms with Gasteiger partial charge in [-0.1, -0.05) is 48.5 Å². The molecular formula is C38H45N7O9. The molecule has 2 N–H and O–H groups in total. The first-order valence-corrected chi connectivity index (χ1v) is 18.2. The third-order valence-electron chi connectivity index (χ3n) is 9.86. The van der Waals surface area contributed by atoms with Crippen LogP contribution in [0, 0.1) is 0 Å². The molecular weight excluding hydrogens is 698 g/mol. The van der Waals surface area contributed by atoms with E-state index in [1.807, 2.05) is 30.3 Å². The zero-order chi connectivity index (χ0) is 38.2. The normalized spacial score (nSPS) is 17.4. The van der Waals surface area contributed by atoms with E-state index in [4.69, 9.17) is 9.47 Å². The summed E-state index contributed by atoms with van der Waals surface area (Å²) < 4.78 is 12.7. The van der Waals surface area contributed by atoms with Gasteiger partial charge in [-0.25, -0.2) is 9.48 Å². The number of likely N-dealkylation sites (tertiary alicyclic amines) is 1. The minimum absolute atomic E-state index is 0.0770. The third-order valence-corrected chi connectivity index (χ3v) is 9.86. The molecule has 1 aliphatic carbocycles. The fraction of sp³-hybridized carbons (Fsp3) is 0.447. The number of hydrogen-bond acceptors (Lipinski definition) is 9. The van der Waals surface area contributed by atoms with E-state index >= 15 is 0 Å². The molecule has 5 amide bonds. The molecule has 2 unspecified atom stereocenters. The van der Waals surface area contributed by atoms with Gasteiger partial charge < -0.3 is 39.5 Å². The van der Waals surface area contributed by atoms with Crippen molar-refractivity contribution in [1.82, 2.24) is 34.7 Å². The molecule has 1 saturated carbocycles. The second-order valence-corrected chi connectivity index (χ2v) is 13.6. The smallest absolute Gasteiger partial charge is 0.410 e. The Morgan fingerprint density at radius 1 is 0.907 bits per heavy atom. The van der Waals surface area contributed by atoms with E-state index < -0.39 is 42.6 Å². The van der Waals surface area contributed by atoms with Gasteiger partial charge in [0.2, 0.25) is 17.7 Å². The molecule has 54 heavy (non-hydrogen) atoms. The van der Waals surface area contributed by atoms with Crippen LogP contribution in [-0.4, -0.2) is 135 Å². The van der Waals surface area contributed by atoms with Gasteiger partial charge in [-0.05, 0) is 49.8 Å². The number of likely N-dealkylation sites (N-methyl/N-ethyl adjacent to an activating group) is 1. The lowest BCUT2D eigenvalue weighted by molar-refractivity contribution is -0.144. The largest absolute Gasteiger partial charge is 0.481 e. The molecule has 0 radical (unpaired) electrons. The zero-order valence-electron chi connectivity index (χ0n) is 30.2. The van der Waals surface area contributed by atoms with Crippen LogP contribution in [0.25, 0.3) is 5.69 Å². The van der Waals surface area contributed by atoms with Crippen LogP contribution in [-0.2, 0) is 30.5 Å². The highest BCUT2D eigenvalue weighted by Gasteiger charge is 2.40. The van der Waals surface area contributed by atoms with Crippen LogP contribution in [0.3, 0.4) is 0 Å². The van der Waals surface area contributed by atoms with E-state index in [0.717, 1.165) is 18.4 Å². The van der Waals surface area contributed by atoms with E-state index in [1.165, 1.54) is 20.5 Å². The molecule has 3 aromatic rings. The standard InChI is InChI=1S/C38H45N7O9/c1-41(27-14-15-27)37(51)31-13-8-18-44(31)32(46)25-53-33-23-30(40-45(33)28-11-6-3-7-12-28)35(49)39-29(16-17-34(47)48)36(50)42-19-21-43(22-20-42)38(52)54-24-26-9-4-2-5-10-26/h2-7,9-12,23,27,29,31H,8,13-22,24-25H2,1H3,(H,39,49)(H,47,48). The molecule has 1 aromatic heterocycles. The number of hydrogen-bond donors (Lipinski definition) is 2. The van der Waals surface area contributed by atoms with Gasteiger partial charge >= 0.3 is 12.1 Å². The summed E-state index contributed by atoms with van der Waals surface area (Å²) in [5.74, 6) is -2.74. The Balaban J connectivity index is 1.10. The van der Waals surface area contributed by atoms with Crippen molar-refractivity contribution in [2.45, 2.75) is 63.3 Å². The van der Waals surface area contributed by atoms with Crippen molar-refractivity contribution in [2.24, 2.45) is 0 Å². The number of carbonyl (C=O) groups is 6. The Kier molecular flexibility index (Phi) is 12.1. The molecule has 0 spiro atoms. The first kappa shape index (κ1) is 37.8. The van der Waals surface area contributed by atoms with Gasteiger partial charge in [0.25, 0.3) is 11.8 Å². The fourth-order valence-corrected chi connectivity index (χ4v) is 6.65. The SMILES string of the molecule is CN(C(=O)C1CCCN1C(=O)COc1cc(C(=O)NC(CCC(=O)O)C(=O)N2CCN(C(=O)OCc3ccccc3)CC2)nn1-c1ccccc1)C1CC1. The van der Waals surface area contributed by atoms with Gasteiger partial charge in [0.15, 0.2) is 12.3 Å². The monoisotopic (exact) mass is 743 g/mol. The second kappa shape index (κ2) is 17.3. The molecule has 286 valence electrons. The van der Waals surface area contributed by atoms with Crippen molar-refractivity contribution < 1.29 is 43.3 Å². The maximum atomic E-state index is 13.7. The molecule has 16 heteroatoms. The molecule has 2 atom stereocenters. The van der Waals surface area contributed by atoms with Crippen LogP contribution in [0.4, 0.5) is 4.79 Å². The molecule has 3 fully saturated rings. The van der Waals surface area contributed by atoms with Gasteiger partial charge in [0.1, 0.15) is 18.7 Å². The average Bonchev–Trinajstić information content (AvgIpc) is 3.76. The van der Waals surface area contributed by atoms with Crippen molar-refractivity contribution in [3.63, 3.8) is 0 Å². The average molecular weight is 744 g/mol. The molecule has 0 bridgehead atoms. The molecule has 3 heterocycles. The summed E-state index contributed by atoms with van der Waals surface area (Å²) in [4.78, 5) is 84.3. The van der Waals surface area contributed by atoms with Crippen LogP contribution in [0.2, 0.25) is 0 Å². The lowest BCUT2D eigenvalue weighted by Crippen LogP contribution is -2.56. The van der Waals surface area contributed by atoms with Gasteiger partial charge in [-0.3, -0.25) is 24.0 Å². The van der Waals surface area contributed by atoms with Gasteiger partial charge in [0.05, 0.1) is 5.69 Å². The van der Waals surface area contributed by atoms with Crippen molar-refractivity contribution >= 4 is 35.7 Å². The lowest BCUT2D eigenvalue weighted by atomic mass is 10.1. The number of nitrogens with zero attached hydrogens (tertiary/aromatic N) is 6. The number of aromatic nitrogens is 2. The number of aliphatic carboxylic acids is 1. The number of amides is 5. The summed E-state index contributed by atoms with van der Waals surface area (Å²) in [5, 5.41) is 16.5. The first-order valence-electron chi connectivity index (χ1n) is 18.2. The quantitative estimate of drug-likeness (QED) is 0.249. The summed E-state index contributed by atoms with van der Waals surface area (Å²) in [6.45, 7) is 0.862. The fourth-order valence-electron chi connectivity index (χ4n) is 6.65. The summed E-state index contributed by atoms with van der Waals surface area (Å²) in [6.07, 6.45) is 2.13. The highest BCUT2D eigenvalue weighted by molar-refractivity contribution is 5.96. The Hall–Kier alpha value is -5.93. The summed E-state index contributed by atoms with van der Waals surface area (Å²) >= 11 is 0. The third kappa shape index (κ3) is 9.35. The van der Waals surface area contributed by atoms with Gasteiger partial charge in [0, 0.05) is 58.3 Å². The number of para-hydroxylation sites is 1. The molecule has 2 saturated heterocycles. The Morgan fingerprint density at radius 3 is 2.24 bits per heavy atom. The Morgan fingerprint density at radius 2 is 1.57 bits per heavy atom. The second-order valence-electron chi connectivity index (χ2n) is 13.6. The van der Waals surface area contributed by atoms with Crippen LogP contribution in [0.1, 0.15) is 54.6 Å². The van der Waals surface area contributed by atoms with Crippen molar-refractivity contribution in [1.29, 1.82) is 0 Å². The Labute approximate surface area is 312 Å². The van der Waals surface area contributed by atoms with Crippen LogP contribution in [0.5, 0.6) is 5.88 Å².